The average molecular weight is 311 g/mol. The third-order valence-electron chi connectivity index (χ3n) is 3.55. The van der Waals surface area contributed by atoms with Crippen LogP contribution < -0.4 is 16.0 Å². The van der Waals surface area contributed by atoms with Gasteiger partial charge in [0.1, 0.15) is 0 Å². The first-order valence-corrected chi connectivity index (χ1v) is 8.38. The third kappa shape index (κ3) is 8.87. The van der Waals surface area contributed by atoms with Crippen LogP contribution in [0.5, 0.6) is 0 Å². The van der Waals surface area contributed by atoms with Crippen LogP contribution in [-0.2, 0) is 4.79 Å². The van der Waals surface area contributed by atoms with Crippen molar-refractivity contribution in [1.29, 1.82) is 0 Å². The lowest BCUT2D eigenvalue weighted by Crippen LogP contribution is -2.48. The van der Waals surface area contributed by atoms with Gasteiger partial charge >= 0.3 is 0 Å². The van der Waals surface area contributed by atoms with Crippen molar-refractivity contribution < 1.29 is 4.79 Å². The second kappa shape index (κ2) is 9.66. The maximum Gasteiger partial charge on any atom is 0.239 e. The van der Waals surface area contributed by atoms with Crippen LogP contribution in [0.15, 0.2) is 4.99 Å². The van der Waals surface area contributed by atoms with E-state index in [2.05, 4.69) is 25.8 Å². The summed E-state index contributed by atoms with van der Waals surface area (Å²) in [6, 6.07) is 0. The highest BCUT2D eigenvalue weighted by molar-refractivity contribution is 5.86. The van der Waals surface area contributed by atoms with Crippen molar-refractivity contribution in [3.63, 3.8) is 0 Å². The van der Waals surface area contributed by atoms with Crippen LogP contribution in [0, 0.1) is 0 Å². The number of nitrogens with zero attached hydrogens (tertiary/aromatic N) is 2. The minimum Gasteiger partial charge on any atom is -0.356 e. The fourth-order valence-electron chi connectivity index (χ4n) is 2.52. The predicted octanol–water partition coefficient (Wildman–Crippen LogP) is 0.942. The molecule has 0 aromatic heterocycles. The second-order valence-corrected chi connectivity index (χ2v) is 6.91. The zero-order valence-corrected chi connectivity index (χ0v) is 14.7. The molecule has 0 atom stereocenters. The smallest absolute Gasteiger partial charge is 0.239 e. The fraction of sp³-hybridized carbons (Fsp3) is 0.875. The Morgan fingerprint density at radius 2 is 1.82 bits per heavy atom. The summed E-state index contributed by atoms with van der Waals surface area (Å²) in [5.41, 5.74) is -0.203. The van der Waals surface area contributed by atoms with Gasteiger partial charge in [-0.2, -0.15) is 0 Å². The van der Waals surface area contributed by atoms with E-state index in [1.165, 1.54) is 38.9 Å². The number of carbonyl (C=O) groups excluding carboxylic acids is 1. The van der Waals surface area contributed by atoms with Crippen molar-refractivity contribution in [3.8, 4) is 0 Å². The Labute approximate surface area is 135 Å². The highest BCUT2D eigenvalue weighted by Crippen LogP contribution is 2.07. The van der Waals surface area contributed by atoms with Crippen molar-refractivity contribution in [2.24, 2.45) is 4.99 Å². The van der Waals surface area contributed by atoms with Crippen molar-refractivity contribution >= 4 is 11.9 Å². The summed E-state index contributed by atoms with van der Waals surface area (Å²) in [7, 11) is 1.72. The number of hydrogen-bond donors (Lipinski definition) is 3. The summed E-state index contributed by atoms with van der Waals surface area (Å²) in [4.78, 5) is 18.4. The van der Waals surface area contributed by atoms with Crippen LogP contribution in [0.1, 0.15) is 46.5 Å². The van der Waals surface area contributed by atoms with E-state index in [1.54, 1.807) is 7.05 Å². The van der Waals surface area contributed by atoms with Gasteiger partial charge in [-0.25, -0.2) is 0 Å². The van der Waals surface area contributed by atoms with Gasteiger partial charge in [-0.3, -0.25) is 9.79 Å². The molecule has 1 rings (SSSR count). The van der Waals surface area contributed by atoms with Crippen molar-refractivity contribution in [2.45, 2.75) is 52.0 Å². The maximum absolute atomic E-state index is 11.7. The molecule has 0 saturated carbocycles. The van der Waals surface area contributed by atoms with Gasteiger partial charge < -0.3 is 20.9 Å². The molecule has 0 radical (unpaired) electrons. The monoisotopic (exact) mass is 311 g/mol. The van der Waals surface area contributed by atoms with Gasteiger partial charge in [-0.15, -0.1) is 0 Å². The molecular formula is C16H33N5O. The summed E-state index contributed by atoms with van der Waals surface area (Å²) in [6.45, 7) is 10.8. The molecule has 0 aliphatic carbocycles. The minimum atomic E-state index is -0.203. The normalized spacial score (nSPS) is 16.6. The Balaban J connectivity index is 2.08. The van der Waals surface area contributed by atoms with Gasteiger partial charge in [0.2, 0.25) is 5.91 Å². The van der Waals surface area contributed by atoms with Gasteiger partial charge in [0.05, 0.1) is 6.54 Å². The van der Waals surface area contributed by atoms with E-state index >= 15 is 0 Å². The lowest BCUT2D eigenvalue weighted by Gasteiger charge is -2.21. The van der Waals surface area contributed by atoms with Gasteiger partial charge in [-0.05, 0) is 66.1 Å². The molecule has 0 aromatic carbocycles. The Kier molecular flexibility index (Phi) is 8.24. The number of rotatable bonds is 7. The molecule has 1 heterocycles. The van der Waals surface area contributed by atoms with Crippen LogP contribution >= 0.6 is 0 Å². The molecule has 6 nitrogen and oxygen atoms in total. The summed E-state index contributed by atoms with van der Waals surface area (Å²) < 4.78 is 0. The molecule has 0 unspecified atom stereocenters. The standard InChI is InChI=1S/C16H33N5O/c1-16(2,3)20-14(22)13-19-15(17-4)18-9-5-6-10-21-11-7-8-12-21/h5-13H2,1-4H3,(H,20,22)(H2,17,18,19). The first kappa shape index (κ1) is 18.7. The average Bonchev–Trinajstić information content (AvgIpc) is 2.93. The summed E-state index contributed by atoms with van der Waals surface area (Å²) in [6.07, 6.45) is 5.02. The number of amides is 1. The first-order chi connectivity index (χ1) is 10.4. The first-order valence-electron chi connectivity index (χ1n) is 8.38. The molecule has 1 amide bonds. The number of aliphatic imine (C=N–C) groups is 1. The molecule has 128 valence electrons. The molecule has 1 aliphatic heterocycles. The molecular weight excluding hydrogens is 278 g/mol. The molecule has 1 aliphatic rings. The molecule has 0 spiro atoms. The van der Waals surface area contributed by atoms with E-state index in [-0.39, 0.29) is 18.0 Å². The SMILES string of the molecule is CN=C(NCCCCN1CCCC1)NCC(=O)NC(C)(C)C. The van der Waals surface area contributed by atoms with E-state index in [0.717, 1.165) is 13.0 Å². The van der Waals surface area contributed by atoms with Crippen LogP contribution in [-0.4, -0.2) is 62.1 Å². The van der Waals surface area contributed by atoms with Crippen LogP contribution in [0.2, 0.25) is 0 Å². The summed E-state index contributed by atoms with van der Waals surface area (Å²) >= 11 is 0. The molecule has 3 N–H and O–H groups in total. The van der Waals surface area contributed by atoms with Crippen molar-refractivity contribution in [1.82, 2.24) is 20.9 Å². The van der Waals surface area contributed by atoms with Crippen LogP contribution in [0.25, 0.3) is 0 Å². The van der Waals surface area contributed by atoms with Crippen LogP contribution in [0.4, 0.5) is 0 Å². The lowest BCUT2D eigenvalue weighted by atomic mass is 10.1. The Bertz CT molecular complexity index is 356. The van der Waals surface area contributed by atoms with E-state index in [9.17, 15) is 4.79 Å². The number of nitrogens with one attached hydrogen (secondary N) is 3. The number of likely N-dealkylation sites (tertiary alicyclic amines) is 1. The topological polar surface area (TPSA) is 68.8 Å². The highest BCUT2D eigenvalue weighted by atomic mass is 16.2. The Morgan fingerprint density at radius 3 is 2.41 bits per heavy atom. The number of unbranched alkanes of at least 4 members (excludes halogenated alkanes) is 1. The molecule has 1 fully saturated rings. The second-order valence-electron chi connectivity index (χ2n) is 6.91. The van der Waals surface area contributed by atoms with Crippen molar-refractivity contribution in [2.75, 3.05) is 39.8 Å². The quantitative estimate of drug-likeness (QED) is 0.372. The van der Waals surface area contributed by atoms with E-state index in [0.29, 0.717) is 5.96 Å². The zero-order valence-electron chi connectivity index (χ0n) is 14.7. The maximum atomic E-state index is 11.7. The third-order valence-corrected chi connectivity index (χ3v) is 3.55. The molecule has 0 aromatic rings. The zero-order chi connectivity index (χ0) is 16.4. The van der Waals surface area contributed by atoms with E-state index < -0.39 is 0 Å². The number of guanidine groups is 1. The van der Waals surface area contributed by atoms with Gasteiger partial charge in [0, 0.05) is 19.1 Å². The minimum absolute atomic E-state index is 0.0236. The molecule has 1 saturated heterocycles. The molecule has 22 heavy (non-hydrogen) atoms. The van der Waals surface area contributed by atoms with Crippen LogP contribution in [0.3, 0.4) is 0 Å². The van der Waals surface area contributed by atoms with Gasteiger partial charge in [-0.1, -0.05) is 0 Å². The molecule has 6 heteroatoms. The Morgan fingerprint density at radius 1 is 1.14 bits per heavy atom. The van der Waals surface area contributed by atoms with Crippen molar-refractivity contribution in [3.05, 3.63) is 0 Å². The Hall–Kier alpha value is -1.30. The summed E-state index contributed by atoms with van der Waals surface area (Å²) in [5, 5.41) is 9.21. The number of carbonyl (C=O) groups is 1. The van der Waals surface area contributed by atoms with E-state index in [1.807, 2.05) is 20.8 Å². The highest BCUT2D eigenvalue weighted by Gasteiger charge is 2.13. The summed E-state index contributed by atoms with van der Waals surface area (Å²) in [5.74, 6) is 0.662. The van der Waals surface area contributed by atoms with E-state index in [4.69, 9.17) is 0 Å². The lowest BCUT2D eigenvalue weighted by molar-refractivity contribution is -0.121. The molecule has 0 bridgehead atoms. The predicted molar refractivity (Wildman–Crippen MR) is 92.2 cm³/mol. The largest absolute Gasteiger partial charge is 0.356 e. The number of hydrogen-bond acceptors (Lipinski definition) is 3. The van der Waals surface area contributed by atoms with Gasteiger partial charge in [0.15, 0.2) is 5.96 Å². The van der Waals surface area contributed by atoms with Gasteiger partial charge in [0.25, 0.3) is 0 Å². The fourth-order valence-corrected chi connectivity index (χ4v) is 2.52.